The Kier molecular flexibility index (Phi) is 12.7. The van der Waals surface area contributed by atoms with Gasteiger partial charge in [-0.1, -0.05) is 70.6 Å². The highest BCUT2D eigenvalue weighted by molar-refractivity contribution is 5.15. The van der Waals surface area contributed by atoms with E-state index in [0.717, 1.165) is 0 Å². The van der Waals surface area contributed by atoms with Crippen LogP contribution in [-0.2, 0) is 0 Å². The van der Waals surface area contributed by atoms with Crippen molar-refractivity contribution in [1.29, 1.82) is 0 Å². The summed E-state index contributed by atoms with van der Waals surface area (Å²) < 4.78 is 0. The predicted molar refractivity (Wildman–Crippen MR) is 63.9 cm³/mol. The zero-order valence-electron chi connectivity index (χ0n) is 9.80. The normalized spacial score (nSPS) is 11.4. The van der Waals surface area contributed by atoms with E-state index in [1.165, 1.54) is 12.0 Å². The highest BCUT2D eigenvalue weighted by Crippen LogP contribution is 2.06. The minimum atomic E-state index is 0.648. The van der Waals surface area contributed by atoms with Crippen LogP contribution in [0.15, 0.2) is 36.5 Å². The van der Waals surface area contributed by atoms with Crippen LogP contribution >= 0.6 is 0 Å². The molecular weight excluding hydrogens is 156 g/mol. The molecule has 0 heterocycles. The van der Waals surface area contributed by atoms with Gasteiger partial charge in [0, 0.05) is 0 Å². The molecule has 0 saturated heterocycles. The smallest absolute Gasteiger partial charge is 0.0260 e. The molecule has 0 rings (SSSR count). The number of hydrogen-bond donors (Lipinski definition) is 0. The largest absolute Gasteiger partial charge is 0.0991 e. The van der Waals surface area contributed by atoms with Crippen molar-refractivity contribution in [3.8, 4) is 0 Å². The Morgan fingerprint density at radius 3 is 2.00 bits per heavy atom. The van der Waals surface area contributed by atoms with Crippen LogP contribution in [0.3, 0.4) is 0 Å². The van der Waals surface area contributed by atoms with Gasteiger partial charge in [0.2, 0.25) is 0 Å². The van der Waals surface area contributed by atoms with Gasteiger partial charge in [-0.3, -0.25) is 0 Å². The lowest BCUT2D eigenvalue weighted by molar-refractivity contribution is 0.769. The molecule has 0 bridgehead atoms. The monoisotopic (exact) mass is 180 g/mol. The predicted octanol–water partition coefficient (Wildman–Crippen LogP) is 4.75. The second-order valence-electron chi connectivity index (χ2n) is 3.39. The molecule has 0 N–H and O–H groups in total. The quantitative estimate of drug-likeness (QED) is 0.550. The van der Waals surface area contributed by atoms with Crippen LogP contribution in [0.5, 0.6) is 0 Å². The molecule has 76 valence electrons. The van der Waals surface area contributed by atoms with Gasteiger partial charge in [-0.15, -0.1) is 0 Å². The molecule has 0 nitrogen and oxygen atoms in total. The van der Waals surface area contributed by atoms with E-state index in [-0.39, 0.29) is 0 Å². The summed E-state index contributed by atoms with van der Waals surface area (Å²) in [5, 5.41) is 0. The molecule has 0 fully saturated rings. The number of rotatable bonds is 3. The summed E-state index contributed by atoms with van der Waals surface area (Å²) in [7, 11) is 0. The third kappa shape index (κ3) is 14.1. The SMILES string of the molecule is C=C/C=C\C=C(/C)C(C)C.CCC. The molecule has 0 unspecified atom stereocenters. The molecular formula is C13H24. The molecule has 0 aromatic heterocycles. The van der Waals surface area contributed by atoms with E-state index in [2.05, 4.69) is 47.3 Å². The zero-order chi connectivity index (χ0) is 10.7. The lowest BCUT2D eigenvalue weighted by Gasteiger charge is -2.01. The molecule has 0 aliphatic rings. The van der Waals surface area contributed by atoms with Crippen molar-refractivity contribution in [2.75, 3.05) is 0 Å². The Morgan fingerprint density at radius 2 is 1.69 bits per heavy atom. The van der Waals surface area contributed by atoms with Crippen LogP contribution < -0.4 is 0 Å². The highest BCUT2D eigenvalue weighted by Gasteiger charge is 1.91. The molecule has 0 aliphatic heterocycles. The fourth-order valence-electron chi connectivity index (χ4n) is 0.478. The van der Waals surface area contributed by atoms with Gasteiger partial charge in [0.05, 0.1) is 0 Å². The van der Waals surface area contributed by atoms with Gasteiger partial charge >= 0.3 is 0 Å². The van der Waals surface area contributed by atoms with E-state index < -0.39 is 0 Å². The van der Waals surface area contributed by atoms with Crippen LogP contribution in [0.4, 0.5) is 0 Å². The van der Waals surface area contributed by atoms with Gasteiger partial charge in [0.1, 0.15) is 0 Å². The minimum absolute atomic E-state index is 0.648. The van der Waals surface area contributed by atoms with Crippen LogP contribution in [0.25, 0.3) is 0 Å². The van der Waals surface area contributed by atoms with Crippen molar-refractivity contribution in [2.45, 2.75) is 41.0 Å². The maximum atomic E-state index is 3.59. The van der Waals surface area contributed by atoms with Crippen molar-refractivity contribution in [3.05, 3.63) is 36.5 Å². The molecule has 0 aromatic rings. The second kappa shape index (κ2) is 11.2. The Labute approximate surface area is 84.1 Å². The van der Waals surface area contributed by atoms with Gasteiger partial charge < -0.3 is 0 Å². The van der Waals surface area contributed by atoms with Crippen LogP contribution in [0, 0.1) is 5.92 Å². The topological polar surface area (TPSA) is 0 Å². The van der Waals surface area contributed by atoms with E-state index >= 15 is 0 Å². The molecule has 0 radical (unpaired) electrons. The van der Waals surface area contributed by atoms with Crippen LogP contribution in [-0.4, -0.2) is 0 Å². The summed E-state index contributed by atoms with van der Waals surface area (Å²) in [5.74, 6) is 0.648. The lowest BCUT2D eigenvalue weighted by atomic mass is 10.1. The molecule has 0 saturated carbocycles. The average molecular weight is 180 g/mol. The lowest BCUT2D eigenvalue weighted by Crippen LogP contribution is -1.86. The van der Waals surface area contributed by atoms with Gasteiger partial charge in [0.15, 0.2) is 0 Å². The van der Waals surface area contributed by atoms with Crippen molar-refractivity contribution in [1.82, 2.24) is 0 Å². The van der Waals surface area contributed by atoms with Crippen LogP contribution in [0.2, 0.25) is 0 Å². The van der Waals surface area contributed by atoms with Crippen molar-refractivity contribution >= 4 is 0 Å². The molecule has 0 spiro atoms. The van der Waals surface area contributed by atoms with Crippen molar-refractivity contribution in [2.24, 2.45) is 5.92 Å². The first-order valence-electron chi connectivity index (χ1n) is 5.05. The minimum Gasteiger partial charge on any atom is -0.0991 e. The summed E-state index contributed by atoms with van der Waals surface area (Å²) in [4.78, 5) is 0. The Morgan fingerprint density at radius 1 is 1.23 bits per heavy atom. The van der Waals surface area contributed by atoms with Crippen molar-refractivity contribution in [3.63, 3.8) is 0 Å². The first kappa shape index (κ1) is 14.7. The van der Waals surface area contributed by atoms with E-state index in [1.807, 2.05) is 12.2 Å². The fourth-order valence-corrected chi connectivity index (χ4v) is 0.478. The molecule has 0 aromatic carbocycles. The molecule has 0 amide bonds. The summed E-state index contributed by atoms with van der Waals surface area (Å²) in [5.41, 5.74) is 1.40. The first-order valence-corrected chi connectivity index (χ1v) is 5.05. The van der Waals surface area contributed by atoms with E-state index in [1.54, 1.807) is 6.08 Å². The summed E-state index contributed by atoms with van der Waals surface area (Å²) in [6.07, 6.45) is 9.10. The Bertz CT molecular complexity index is 159. The number of hydrogen-bond acceptors (Lipinski definition) is 0. The van der Waals surface area contributed by atoms with Crippen molar-refractivity contribution < 1.29 is 0 Å². The molecule has 0 heteroatoms. The summed E-state index contributed by atoms with van der Waals surface area (Å²) >= 11 is 0. The van der Waals surface area contributed by atoms with E-state index in [0.29, 0.717) is 5.92 Å². The van der Waals surface area contributed by atoms with E-state index in [9.17, 15) is 0 Å². The highest BCUT2D eigenvalue weighted by atomic mass is 14.0. The summed E-state index contributed by atoms with van der Waals surface area (Å²) in [6, 6.07) is 0. The third-order valence-electron chi connectivity index (χ3n) is 1.52. The first-order chi connectivity index (χ1) is 6.09. The van der Waals surface area contributed by atoms with Gasteiger partial charge in [-0.05, 0) is 12.8 Å². The van der Waals surface area contributed by atoms with Gasteiger partial charge in [0.25, 0.3) is 0 Å². The Balaban J connectivity index is 0. The molecule has 0 aliphatic carbocycles. The Hall–Kier alpha value is -0.780. The standard InChI is InChI=1S/C10H16.C3H8/c1-5-6-7-8-10(4)9(2)3;1-3-2/h5-9H,1H2,2-4H3;3H2,1-2H3/b7-6-,10-8+;. The van der Waals surface area contributed by atoms with Gasteiger partial charge in [-0.2, -0.15) is 0 Å². The maximum absolute atomic E-state index is 3.59. The summed E-state index contributed by atoms with van der Waals surface area (Å²) in [6.45, 7) is 14.3. The fraction of sp³-hybridized carbons (Fsp3) is 0.538. The zero-order valence-corrected chi connectivity index (χ0v) is 9.80. The van der Waals surface area contributed by atoms with E-state index in [4.69, 9.17) is 0 Å². The third-order valence-corrected chi connectivity index (χ3v) is 1.52. The van der Waals surface area contributed by atoms with Gasteiger partial charge in [-0.25, -0.2) is 0 Å². The second-order valence-corrected chi connectivity index (χ2v) is 3.39. The van der Waals surface area contributed by atoms with Crippen LogP contribution in [0.1, 0.15) is 41.0 Å². The number of allylic oxidation sites excluding steroid dienone is 5. The maximum Gasteiger partial charge on any atom is -0.0260 e. The molecule has 0 atom stereocenters. The average Bonchev–Trinajstić information content (AvgIpc) is 2.06. The molecule has 13 heavy (non-hydrogen) atoms.